The SMILES string of the molecule is CCC1CN(C#N)C2CC12.NC=O. The fourth-order valence-corrected chi connectivity index (χ4v) is 2.14. The van der Waals surface area contributed by atoms with Crippen molar-refractivity contribution in [2.24, 2.45) is 17.6 Å². The zero-order chi connectivity index (χ0) is 9.84. The minimum atomic E-state index is 0.250. The number of rotatable bonds is 1. The van der Waals surface area contributed by atoms with Gasteiger partial charge in [-0.05, 0) is 18.3 Å². The van der Waals surface area contributed by atoms with E-state index < -0.39 is 0 Å². The van der Waals surface area contributed by atoms with Gasteiger partial charge in [0.1, 0.15) is 0 Å². The fourth-order valence-electron chi connectivity index (χ4n) is 2.14. The van der Waals surface area contributed by atoms with Crippen molar-refractivity contribution < 1.29 is 4.79 Å². The van der Waals surface area contributed by atoms with Gasteiger partial charge in [0.05, 0.1) is 0 Å². The number of hydrogen-bond donors (Lipinski definition) is 1. The summed E-state index contributed by atoms with van der Waals surface area (Å²) in [4.78, 5) is 10.5. The molecular formula is C9H15N3O. The number of hydrogen-bond acceptors (Lipinski definition) is 3. The molecule has 1 aliphatic heterocycles. The molecule has 2 N–H and O–H groups in total. The summed E-state index contributed by atoms with van der Waals surface area (Å²) < 4.78 is 0. The predicted molar refractivity (Wildman–Crippen MR) is 48.2 cm³/mol. The van der Waals surface area contributed by atoms with Gasteiger partial charge < -0.3 is 10.6 Å². The summed E-state index contributed by atoms with van der Waals surface area (Å²) in [5.41, 5.74) is 4.17. The number of nitriles is 1. The number of piperidine rings is 1. The Hall–Kier alpha value is -1.24. The van der Waals surface area contributed by atoms with Gasteiger partial charge in [-0.25, -0.2) is 0 Å². The normalized spacial score (nSPS) is 33.8. The summed E-state index contributed by atoms with van der Waals surface area (Å²) in [6.07, 6.45) is 5.04. The molecule has 4 heteroatoms. The number of amides is 1. The van der Waals surface area contributed by atoms with Gasteiger partial charge in [0.15, 0.2) is 6.19 Å². The third-order valence-corrected chi connectivity index (χ3v) is 2.89. The molecule has 1 amide bonds. The lowest BCUT2D eigenvalue weighted by atomic mass is 10.0. The molecule has 0 aromatic carbocycles. The van der Waals surface area contributed by atoms with E-state index in [9.17, 15) is 0 Å². The Labute approximate surface area is 78.3 Å². The quantitative estimate of drug-likeness (QED) is 0.467. The highest BCUT2D eigenvalue weighted by Gasteiger charge is 2.52. The standard InChI is InChI=1S/C8H12N2.CH3NO/c1-2-6-4-10(5-9)8-3-7(6)8;2-1-3/h6-8H,2-4H2,1H3;1H,(H2,2,3). The predicted octanol–water partition coefficient (Wildman–Crippen LogP) is 0.299. The van der Waals surface area contributed by atoms with Crippen molar-refractivity contribution in [3.05, 3.63) is 0 Å². The number of likely N-dealkylation sites (tertiary alicyclic amines) is 1. The van der Waals surface area contributed by atoms with Crippen LogP contribution in [-0.2, 0) is 4.79 Å². The summed E-state index contributed by atoms with van der Waals surface area (Å²) >= 11 is 0. The molecule has 1 saturated carbocycles. The molecule has 3 atom stereocenters. The van der Waals surface area contributed by atoms with Gasteiger partial charge in [0.25, 0.3) is 0 Å². The molecular weight excluding hydrogens is 166 g/mol. The van der Waals surface area contributed by atoms with Gasteiger partial charge in [-0.3, -0.25) is 4.79 Å². The largest absolute Gasteiger partial charge is 0.372 e. The molecule has 0 aromatic heterocycles. The van der Waals surface area contributed by atoms with Crippen LogP contribution < -0.4 is 5.73 Å². The van der Waals surface area contributed by atoms with Gasteiger partial charge in [-0.15, -0.1) is 0 Å². The lowest BCUT2D eigenvalue weighted by molar-refractivity contribution is -0.106. The number of primary amides is 1. The van der Waals surface area contributed by atoms with E-state index in [2.05, 4.69) is 18.9 Å². The molecule has 2 fully saturated rings. The van der Waals surface area contributed by atoms with Gasteiger partial charge >= 0.3 is 0 Å². The monoisotopic (exact) mass is 181 g/mol. The second-order valence-corrected chi connectivity index (χ2v) is 3.52. The van der Waals surface area contributed by atoms with Gasteiger partial charge in [-0.2, -0.15) is 5.26 Å². The Morgan fingerprint density at radius 3 is 2.69 bits per heavy atom. The Bertz CT molecular complexity index is 223. The molecule has 2 rings (SSSR count). The summed E-state index contributed by atoms with van der Waals surface area (Å²) in [6.45, 7) is 3.25. The van der Waals surface area contributed by atoms with E-state index in [-0.39, 0.29) is 6.41 Å². The van der Waals surface area contributed by atoms with E-state index in [4.69, 9.17) is 10.1 Å². The van der Waals surface area contributed by atoms with E-state index in [1.54, 1.807) is 0 Å². The maximum Gasteiger partial charge on any atom is 0.204 e. The average molecular weight is 181 g/mol. The molecule has 3 unspecified atom stereocenters. The lowest BCUT2D eigenvalue weighted by Crippen LogP contribution is -2.18. The Morgan fingerprint density at radius 2 is 2.38 bits per heavy atom. The first-order valence-corrected chi connectivity index (χ1v) is 4.60. The zero-order valence-corrected chi connectivity index (χ0v) is 7.81. The first-order chi connectivity index (χ1) is 6.28. The van der Waals surface area contributed by atoms with Crippen LogP contribution in [-0.4, -0.2) is 23.9 Å². The van der Waals surface area contributed by atoms with Crippen LogP contribution in [0.25, 0.3) is 0 Å². The van der Waals surface area contributed by atoms with E-state index >= 15 is 0 Å². The van der Waals surface area contributed by atoms with Crippen molar-refractivity contribution in [2.45, 2.75) is 25.8 Å². The van der Waals surface area contributed by atoms with Gasteiger partial charge in [-0.1, -0.05) is 13.3 Å². The molecule has 1 saturated heterocycles. The second kappa shape index (κ2) is 4.13. The lowest BCUT2D eigenvalue weighted by Gasteiger charge is -2.11. The van der Waals surface area contributed by atoms with Crippen LogP contribution in [0.5, 0.6) is 0 Å². The van der Waals surface area contributed by atoms with Crippen molar-refractivity contribution in [1.82, 2.24) is 4.90 Å². The molecule has 1 aliphatic carbocycles. The highest BCUT2D eigenvalue weighted by molar-refractivity contribution is 5.42. The Balaban J connectivity index is 0.000000251. The maximum absolute atomic E-state index is 8.65. The Morgan fingerprint density at radius 1 is 1.77 bits per heavy atom. The number of nitrogens with zero attached hydrogens (tertiary/aromatic N) is 2. The van der Waals surface area contributed by atoms with E-state index in [1.165, 1.54) is 12.8 Å². The number of fused-ring (bicyclic) bond motifs is 1. The molecule has 1 heterocycles. The van der Waals surface area contributed by atoms with Crippen LogP contribution in [0.15, 0.2) is 0 Å². The molecule has 2 aliphatic rings. The molecule has 0 radical (unpaired) electrons. The van der Waals surface area contributed by atoms with E-state index in [0.29, 0.717) is 6.04 Å². The summed E-state index contributed by atoms with van der Waals surface area (Å²) in [5, 5.41) is 8.65. The molecule has 72 valence electrons. The van der Waals surface area contributed by atoms with Crippen LogP contribution in [0.1, 0.15) is 19.8 Å². The Kier molecular flexibility index (Phi) is 3.13. The summed E-state index contributed by atoms with van der Waals surface area (Å²) in [5.74, 6) is 1.70. The third-order valence-electron chi connectivity index (χ3n) is 2.89. The van der Waals surface area contributed by atoms with Crippen LogP contribution in [0.2, 0.25) is 0 Å². The molecule has 4 nitrogen and oxygen atoms in total. The molecule has 13 heavy (non-hydrogen) atoms. The van der Waals surface area contributed by atoms with Crippen molar-refractivity contribution in [2.75, 3.05) is 6.54 Å². The first kappa shape index (κ1) is 9.85. The van der Waals surface area contributed by atoms with Crippen LogP contribution in [0, 0.1) is 23.3 Å². The summed E-state index contributed by atoms with van der Waals surface area (Å²) in [6, 6.07) is 0.648. The van der Waals surface area contributed by atoms with E-state index in [0.717, 1.165) is 18.4 Å². The number of carbonyl (C=O) groups excluding carboxylic acids is 1. The molecule has 0 bridgehead atoms. The van der Waals surface area contributed by atoms with Crippen molar-refractivity contribution in [3.63, 3.8) is 0 Å². The topological polar surface area (TPSA) is 70.1 Å². The van der Waals surface area contributed by atoms with Gasteiger partial charge in [0.2, 0.25) is 6.41 Å². The molecule has 0 aromatic rings. The van der Waals surface area contributed by atoms with Crippen molar-refractivity contribution >= 4 is 6.41 Å². The fraction of sp³-hybridized carbons (Fsp3) is 0.778. The highest BCUT2D eigenvalue weighted by Crippen LogP contribution is 2.48. The number of carbonyl (C=O) groups is 1. The second-order valence-electron chi connectivity index (χ2n) is 3.52. The van der Waals surface area contributed by atoms with Crippen LogP contribution in [0.4, 0.5) is 0 Å². The first-order valence-electron chi connectivity index (χ1n) is 4.60. The highest BCUT2D eigenvalue weighted by atomic mass is 16.1. The minimum Gasteiger partial charge on any atom is -0.372 e. The number of nitrogens with two attached hydrogens (primary N) is 1. The zero-order valence-electron chi connectivity index (χ0n) is 7.81. The van der Waals surface area contributed by atoms with E-state index in [1.807, 2.05) is 4.90 Å². The smallest absolute Gasteiger partial charge is 0.204 e. The van der Waals surface area contributed by atoms with Crippen molar-refractivity contribution in [3.8, 4) is 6.19 Å². The van der Waals surface area contributed by atoms with Crippen molar-refractivity contribution in [1.29, 1.82) is 5.26 Å². The molecule has 0 spiro atoms. The average Bonchev–Trinajstić information content (AvgIpc) is 2.83. The van der Waals surface area contributed by atoms with Crippen LogP contribution in [0.3, 0.4) is 0 Å². The third kappa shape index (κ3) is 1.92. The summed E-state index contributed by atoms with van der Waals surface area (Å²) in [7, 11) is 0. The van der Waals surface area contributed by atoms with Crippen LogP contribution >= 0.6 is 0 Å². The maximum atomic E-state index is 8.65. The van der Waals surface area contributed by atoms with Gasteiger partial charge in [0, 0.05) is 12.6 Å². The minimum absolute atomic E-state index is 0.250.